The van der Waals surface area contributed by atoms with Crippen LogP contribution in [-0.4, -0.2) is 26.1 Å². The molecule has 0 fully saturated rings. The van der Waals surface area contributed by atoms with Gasteiger partial charge in [-0.3, -0.25) is 14.2 Å². The number of nitrogens with one attached hydrogen (secondary N) is 1. The summed E-state index contributed by atoms with van der Waals surface area (Å²) in [4.78, 5) is 35.7. The number of thiophene rings is 1. The van der Waals surface area contributed by atoms with E-state index in [0.29, 0.717) is 23.2 Å². The number of carbonyl (C=O) groups excluding carboxylic acids is 1. The highest BCUT2D eigenvalue weighted by Gasteiger charge is 2.23. The van der Waals surface area contributed by atoms with E-state index in [4.69, 9.17) is 9.40 Å². The smallest absolute Gasteiger partial charge is 0.263 e. The Bertz CT molecular complexity index is 1220. The monoisotopic (exact) mass is 425 g/mol. The van der Waals surface area contributed by atoms with Crippen LogP contribution in [0.15, 0.2) is 51.1 Å². The average molecular weight is 426 g/mol. The lowest BCUT2D eigenvalue weighted by Crippen LogP contribution is -2.24. The lowest BCUT2D eigenvalue weighted by Gasteiger charge is -2.12. The Hall–Kier alpha value is -2.58. The fourth-order valence-electron chi connectivity index (χ4n) is 3.74. The van der Waals surface area contributed by atoms with Gasteiger partial charge in [0.1, 0.15) is 10.6 Å². The Morgan fingerprint density at radius 2 is 2.17 bits per heavy atom. The molecule has 5 rings (SSSR count). The zero-order valence-corrected chi connectivity index (χ0v) is 17.3. The third-order valence-electron chi connectivity index (χ3n) is 5.16. The lowest BCUT2D eigenvalue weighted by atomic mass is 9.97. The van der Waals surface area contributed by atoms with Crippen molar-refractivity contribution >= 4 is 39.1 Å². The van der Waals surface area contributed by atoms with Crippen molar-refractivity contribution in [2.24, 2.45) is 0 Å². The molecule has 0 spiro atoms. The second-order valence-corrected chi connectivity index (χ2v) is 9.08. The molecule has 1 aliphatic carbocycles. The van der Waals surface area contributed by atoms with Gasteiger partial charge in [0, 0.05) is 11.1 Å². The summed E-state index contributed by atoms with van der Waals surface area (Å²) in [5.41, 5.74) is 1.69. The molecular weight excluding hydrogens is 406 g/mol. The van der Waals surface area contributed by atoms with Crippen molar-refractivity contribution in [2.75, 3.05) is 5.75 Å². The minimum atomic E-state index is -0.0411. The number of hydrogen-bond donors (Lipinski definition) is 1. The maximum atomic E-state index is 13.5. The van der Waals surface area contributed by atoms with Crippen molar-refractivity contribution in [3.05, 3.63) is 69.0 Å². The second-order valence-electron chi connectivity index (χ2n) is 7.05. The predicted octanol–water partition coefficient (Wildman–Crippen LogP) is 4.28. The van der Waals surface area contributed by atoms with E-state index < -0.39 is 0 Å². The Labute approximate surface area is 175 Å². The van der Waals surface area contributed by atoms with Crippen LogP contribution < -0.4 is 5.56 Å². The van der Waals surface area contributed by atoms with E-state index in [2.05, 4.69) is 4.98 Å². The van der Waals surface area contributed by atoms with Crippen LogP contribution in [0.1, 0.15) is 39.5 Å². The number of H-pyrrole nitrogens is 1. The topological polar surface area (TPSA) is 80.9 Å². The van der Waals surface area contributed by atoms with Gasteiger partial charge in [0.2, 0.25) is 0 Å². The molecule has 6 nitrogen and oxygen atoms in total. The van der Waals surface area contributed by atoms with Crippen LogP contribution in [0.4, 0.5) is 0 Å². The molecule has 1 N–H and O–H groups in total. The normalized spacial score (nSPS) is 13.7. The molecule has 0 saturated carbocycles. The Balaban J connectivity index is 1.57. The predicted molar refractivity (Wildman–Crippen MR) is 114 cm³/mol. The van der Waals surface area contributed by atoms with Gasteiger partial charge in [-0.2, -0.15) is 0 Å². The zero-order valence-electron chi connectivity index (χ0n) is 15.6. The summed E-state index contributed by atoms with van der Waals surface area (Å²) in [6, 6.07) is 7.20. The fraction of sp³-hybridized carbons (Fsp3) is 0.286. The number of hydrogen-bond acceptors (Lipinski definition) is 6. The maximum absolute atomic E-state index is 13.5. The molecule has 1 aliphatic rings. The molecule has 4 heterocycles. The first-order valence-corrected chi connectivity index (χ1v) is 11.4. The molecule has 0 aromatic carbocycles. The van der Waals surface area contributed by atoms with Crippen LogP contribution in [0.25, 0.3) is 10.2 Å². The summed E-state index contributed by atoms with van der Waals surface area (Å²) in [7, 11) is 0. The molecule has 0 amide bonds. The van der Waals surface area contributed by atoms with E-state index in [1.807, 2.05) is 6.07 Å². The van der Waals surface area contributed by atoms with Gasteiger partial charge in [-0.15, -0.1) is 11.3 Å². The zero-order chi connectivity index (χ0) is 19.8. The molecule has 4 aromatic rings. The molecule has 0 saturated heterocycles. The van der Waals surface area contributed by atoms with Crippen molar-refractivity contribution in [3.63, 3.8) is 0 Å². The number of aryl methyl sites for hydroxylation is 2. The number of aromatic nitrogens is 3. The standard InChI is InChI=1S/C21H19N3O3S2/c25-16(15-7-3-9-22-15)12-28-21-23-19-18(14-6-1-2-8-17(14)29-19)20(26)24(21)11-13-5-4-10-27-13/h3-5,7,9-10,22H,1-2,6,8,11-12H2. The molecule has 148 valence electrons. The SMILES string of the molecule is O=C(CSc1nc2sc3c(c2c(=O)n1Cc1ccco1)CCCC3)c1ccc[nH]1. The van der Waals surface area contributed by atoms with Crippen molar-refractivity contribution in [2.45, 2.75) is 37.4 Å². The highest BCUT2D eigenvalue weighted by Crippen LogP contribution is 2.34. The summed E-state index contributed by atoms with van der Waals surface area (Å²) in [5, 5.41) is 1.30. The van der Waals surface area contributed by atoms with Crippen LogP contribution in [0, 0.1) is 0 Å². The van der Waals surface area contributed by atoms with Gasteiger partial charge in [-0.25, -0.2) is 4.98 Å². The van der Waals surface area contributed by atoms with Crippen molar-refractivity contribution < 1.29 is 9.21 Å². The number of thioether (sulfide) groups is 1. The minimum Gasteiger partial charge on any atom is -0.467 e. The van der Waals surface area contributed by atoms with Crippen LogP contribution in [0.3, 0.4) is 0 Å². The molecule has 4 aromatic heterocycles. The number of rotatable bonds is 6. The first kappa shape index (κ1) is 18.4. The Kier molecular flexibility index (Phi) is 4.89. The highest BCUT2D eigenvalue weighted by molar-refractivity contribution is 7.99. The van der Waals surface area contributed by atoms with Gasteiger partial charge in [-0.05, 0) is 55.5 Å². The number of Topliss-reactive ketones (excluding diaryl/α,β-unsaturated/α-hetero) is 1. The van der Waals surface area contributed by atoms with E-state index >= 15 is 0 Å². The summed E-state index contributed by atoms with van der Waals surface area (Å²) in [6.45, 7) is 0.304. The van der Waals surface area contributed by atoms with E-state index in [-0.39, 0.29) is 17.1 Å². The third-order valence-corrected chi connectivity index (χ3v) is 7.33. The Morgan fingerprint density at radius 3 is 2.97 bits per heavy atom. The van der Waals surface area contributed by atoms with E-state index in [0.717, 1.165) is 35.9 Å². The summed E-state index contributed by atoms with van der Waals surface area (Å²) in [6.07, 6.45) is 7.54. The quantitative estimate of drug-likeness (QED) is 0.283. The second kappa shape index (κ2) is 7.68. The Morgan fingerprint density at radius 1 is 1.28 bits per heavy atom. The molecule has 8 heteroatoms. The molecular formula is C21H19N3O3S2. The first-order valence-electron chi connectivity index (χ1n) is 9.57. The summed E-state index contributed by atoms with van der Waals surface area (Å²) >= 11 is 2.92. The molecule has 0 aliphatic heterocycles. The molecule has 0 radical (unpaired) electrons. The molecule has 0 unspecified atom stereocenters. The third kappa shape index (κ3) is 3.47. The van der Waals surface area contributed by atoms with Crippen LogP contribution in [-0.2, 0) is 19.4 Å². The number of carbonyl (C=O) groups is 1. The van der Waals surface area contributed by atoms with E-state index in [9.17, 15) is 9.59 Å². The van der Waals surface area contributed by atoms with E-state index in [1.165, 1.54) is 22.2 Å². The summed E-state index contributed by atoms with van der Waals surface area (Å²) < 4.78 is 7.12. The number of aromatic amines is 1. The average Bonchev–Trinajstić information content (AvgIpc) is 3.49. The number of nitrogens with zero attached hydrogens (tertiary/aromatic N) is 2. The van der Waals surface area contributed by atoms with Gasteiger partial charge in [0.15, 0.2) is 10.9 Å². The molecule has 0 bridgehead atoms. The minimum absolute atomic E-state index is 0.0237. The number of ketones is 1. The van der Waals surface area contributed by atoms with Gasteiger partial charge in [-0.1, -0.05) is 11.8 Å². The summed E-state index contributed by atoms with van der Waals surface area (Å²) in [5.74, 6) is 0.876. The molecule has 29 heavy (non-hydrogen) atoms. The molecule has 0 atom stereocenters. The fourth-order valence-corrected chi connectivity index (χ4v) is 5.92. The van der Waals surface area contributed by atoms with Crippen LogP contribution in [0.5, 0.6) is 0 Å². The van der Waals surface area contributed by atoms with Crippen molar-refractivity contribution in [3.8, 4) is 0 Å². The largest absolute Gasteiger partial charge is 0.467 e. The maximum Gasteiger partial charge on any atom is 0.263 e. The van der Waals surface area contributed by atoms with Gasteiger partial charge >= 0.3 is 0 Å². The van der Waals surface area contributed by atoms with E-state index in [1.54, 1.807) is 46.6 Å². The highest BCUT2D eigenvalue weighted by atomic mass is 32.2. The van der Waals surface area contributed by atoms with Crippen LogP contribution >= 0.6 is 23.1 Å². The lowest BCUT2D eigenvalue weighted by molar-refractivity contribution is 0.101. The van der Waals surface area contributed by atoms with Gasteiger partial charge < -0.3 is 9.40 Å². The van der Waals surface area contributed by atoms with Crippen molar-refractivity contribution in [1.82, 2.24) is 14.5 Å². The van der Waals surface area contributed by atoms with Gasteiger partial charge in [0.25, 0.3) is 5.56 Å². The number of fused-ring (bicyclic) bond motifs is 3. The van der Waals surface area contributed by atoms with Crippen LogP contribution in [0.2, 0.25) is 0 Å². The van der Waals surface area contributed by atoms with Gasteiger partial charge in [0.05, 0.1) is 29.6 Å². The first-order chi connectivity index (χ1) is 14.2. The van der Waals surface area contributed by atoms with Crippen molar-refractivity contribution in [1.29, 1.82) is 0 Å². The number of furan rings is 1.